The van der Waals surface area contributed by atoms with Crippen LogP contribution in [-0.4, -0.2) is 17.6 Å². The molecule has 0 atom stereocenters. The molecule has 0 aromatic rings. The first kappa shape index (κ1) is 15.2. The Morgan fingerprint density at radius 1 is 1.06 bits per heavy atom. The van der Waals surface area contributed by atoms with Crippen LogP contribution in [0.5, 0.6) is 0 Å². The molecular formula is C11H23N3OS. The number of amides is 1. The number of carbonyl (C=O) groups is 1. The van der Waals surface area contributed by atoms with Gasteiger partial charge in [-0.15, -0.1) is 0 Å². The number of rotatable bonds is 7. The molecule has 4 nitrogen and oxygen atoms in total. The number of carbonyl (C=O) groups excluding carboxylic acids is 1. The molecule has 0 unspecified atom stereocenters. The minimum atomic E-state index is -0.00301. The van der Waals surface area contributed by atoms with Gasteiger partial charge in [-0.2, -0.15) is 0 Å². The van der Waals surface area contributed by atoms with Crippen molar-refractivity contribution in [3.8, 4) is 0 Å². The Morgan fingerprint density at radius 2 is 1.75 bits per heavy atom. The number of hydrogen-bond donors (Lipinski definition) is 3. The van der Waals surface area contributed by atoms with Crippen molar-refractivity contribution in [1.29, 1.82) is 0 Å². The maximum absolute atomic E-state index is 11.3. The molecule has 0 saturated carbocycles. The van der Waals surface area contributed by atoms with Gasteiger partial charge in [0.2, 0.25) is 5.91 Å². The van der Waals surface area contributed by atoms with Gasteiger partial charge in [0.25, 0.3) is 0 Å². The second-order valence-electron chi connectivity index (χ2n) is 3.70. The Morgan fingerprint density at radius 3 is 2.38 bits per heavy atom. The quantitative estimate of drug-likeness (QED) is 0.364. The summed E-state index contributed by atoms with van der Waals surface area (Å²) in [5.74, 6) is -0.00301. The fourth-order valence-electron chi connectivity index (χ4n) is 1.28. The van der Waals surface area contributed by atoms with E-state index in [1.54, 1.807) is 0 Å². The third kappa shape index (κ3) is 9.71. The van der Waals surface area contributed by atoms with Crippen LogP contribution in [0.25, 0.3) is 0 Å². The second-order valence-corrected chi connectivity index (χ2v) is 4.11. The van der Waals surface area contributed by atoms with Crippen LogP contribution in [0.3, 0.4) is 0 Å². The zero-order valence-corrected chi connectivity index (χ0v) is 11.1. The van der Waals surface area contributed by atoms with E-state index in [1.165, 1.54) is 19.3 Å². The van der Waals surface area contributed by atoms with Crippen molar-refractivity contribution in [2.75, 3.05) is 6.54 Å². The topological polar surface area (TPSA) is 53.2 Å². The number of hydrogen-bond acceptors (Lipinski definition) is 2. The first-order valence-corrected chi connectivity index (χ1v) is 6.44. The van der Waals surface area contributed by atoms with E-state index in [4.69, 9.17) is 12.2 Å². The fraction of sp³-hybridized carbons (Fsp3) is 0.818. The molecule has 16 heavy (non-hydrogen) atoms. The van der Waals surface area contributed by atoms with Gasteiger partial charge >= 0.3 is 0 Å². The third-order valence-electron chi connectivity index (χ3n) is 2.16. The van der Waals surface area contributed by atoms with Crippen LogP contribution in [0.4, 0.5) is 0 Å². The summed E-state index contributed by atoms with van der Waals surface area (Å²) in [5.41, 5.74) is 5.22. The molecule has 1 amide bonds. The van der Waals surface area contributed by atoms with E-state index in [1.807, 2.05) is 6.92 Å². The summed E-state index contributed by atoms with van der Waals surface area (Å²) in [6.07, 6.45) is 6.33. The lowest BCUT2D eigenvalue weighted by atomic mass is 10.1. The van der Waals surface area contributed by atoms with Gasteiger partial charge in [-0.3, -0.25) is 15.6 Å². The van der Waals surface area contributed by atoms with E-state index in [0.717, 1.165) is 19.4 Å². The largest absolute Gasteiger partial charge is 0.362 e. The fourth-order valence-corrected chi connectivity index (χ4v) is 1.48. The summed E-state index contributed by atoms with van der Waals surface area (Å²) in [6.45, 7) is 4.88. The van der Waals surface area contributed by atoms with Crippen LogP contribution in [0.1, 0.15) is 52.4 Å². The van der Waals surface area contributed by atoms with Crippen LogP contribution >= 0.6 is 12.2 Å². The summed E-state index contributed by atoms with van der Waals surface area (Å²) in [6, 6.07) is 0. The maximum Gasteiger partial charge on any atom is 0.238 e. The first-order chi connectivity index (χ1) is 7.70. The highest BCUT2D eigenvalue weighted by molar-refractivity contribution is 7.80. The molecule has 0 aliphatic rings. The van der Waals surface area contributed by atoms with E-state index >= 15 is 0 Å². The third-order valence-corrected chi connectivity index (χ3v) is 2.41. The van der Waals surface area contributed by atoms with Crippen molar-refractivity contribution >= 4 is 23.2 Å². The Balaban J connectivity index is 3.34. The normalized spacial score (nSPS) is 9.62. The van der Waals surface area contributed by atoms with Gasteiger partial charge in [0.15, 0.2) is 5.11 Å². The minimum Gasteiger partial charge on any atom is -0.362 e. The Kier molecular flexibility index (Phi) is 10.1. The van der Waals surface area contributed by atoms with Crippen LogP contribution in [0.15, 0.2) is 0 Å². The number of thiocarbonyl (C=S) groups is 1. The Labute approximate surface area is 104 Å². The minimum absolute atomic E-state index is 0.00301. The van der Waals surface area contributed by atoms with E-state index in [-0.39, 0.29) is 5.91 Å². The highest BCUT2D eigenvalue weighted by Crippen LogP contribution is 2.04. The van der Waals surface area contributed by atoms with Crippen LogP contribution < -0.4 is 16.2 Å². The molecule has 0 radical (unpaired) electrons. The van der Waals surface area contributed by atoms with Gasteiger partial charge < -0.3 is 5.32 Å². The molecule has 0 aliphatic heterocycles. The smallest absolute Gasteiger partial charge is 0.238 e. The summed E-state index contributed by atoms with van der Waals surface area (Å²) in [4.78, 5) is 11.3. The predicted molar refractivity (Wildman–Crippen MR) is 70.9 cm³/mol. The van der Waals surface area contributed by atoms with Gasteiger partial charge in [0, 0.05) is 13.0 Å². The number of unbranched alkanes of at least 4 members (excludes halogenated alkanes) is 4. The molecule has 3 N–H and O–H groups in total. The molecular weight excluding hydrogens is 222 g/mol. The molecule has 94 valence electrons. The van der Waals surface area contributed by atoms with Crippen molar-refractivity contribution in [3.63, 3.8) is 0 Å². The summed E-state index contributed by atoms with van der Waals surface area (Å²) >= 11 is 4.90. The summed E-state index contributed by atoms with van der Waals surface area (Å²) in [5, 5.41) is 3.35. The van der Waals surface area contributed by atoms with Gasteiger partial charge in [0.1, 0.15) is 0 Å². The molecule has 0 aliphatic carbocycles. The lowest BCUT2D eigenvalue weighted by molar-refractivity contribution is -0.121. The predicted octanol–water partition coefficient (Wildman–Crippen LogP) is 1.86. The molecule has 0 bridgehead atoms. The van der Waals surface area contributed by atoms with Gasteiger partial charge in [-0.1, -0.05) is 32.6 Å². The maximum atomic E-state index is 11.3. The van der Waals surface area contributed by atoms with E-state index < -0.39 is 0 Å². The van der Waals surface area contributed by atoms with Gasteiger partial charge in [0.05, 0.1) is 0 Å². The van der Waals surface area contributed by atoms with E-state index in [0.29, 0.717) is 11.5 Å². The highest BCUT2D eigenvalue weighted by Gasteiger charge is 2.00. The summed E-state index contributed by atoms with van der Waals surface area (Å²) in [7, 11) is 0. The standard InChI is InChI=1S/C11H23N3OS/c1-3-5-6-7-8-9-10(15)13-14-11(16)12-4-2/h3-9H2,1-2H3,(H,13,15)(H2,12,14,16). The van der Waals surface area contributed by atoms with Crippen LogP contribution in [0.2, 0.25) is 0 Å². The molecule has 0 aromatic heterocycles. The first-order valence-electron chi connectivity index (χ1n) is 6.03. The average molecular weight is 245 g/mol. The molecule has 0 saturated heterocycles. The van der Waals surface area contributed by atoms with Crippen LogP contribution in [0, 0.1) is 0 Å². The lowest BCUT2D eigenvalue weighted by Gasteiger charge is -2.09. The highest BCUT2D eigenvalue weighted by atomic mass is 32.1. The van der Waals surface area contributed by atoms with Crippen molar-refractivity contribution in [2.45, 2.75) is 52.4 Å². The monoisotopic (exact) mass is 245 g/mol. The zero-order chi connectivity index (χ0) is 12.2. The average Bonchev–Trinajstić information content (AvgIpc) is 2.26. The lowest BCUT2D eigenvalue weighted by Crippen LogP contribution is -2.46. The molecule has 0 aromatic carbocycles. The Bertz CT molecular complexity index is 209. The molecule has 0 fully saturated rings. The SMILES string of the molecule is CCCCCCCC(=O)NNC(=S)NCC. The number of hydrazine groups is 1. The van der Waals surface area contributed by atoms with Crippen molar-refractivity contribution in [3.05, 3.63) is 0 Å². The van der Waals surface area contributed by atoms with Gasteiger partial charge in [-0.05, 0) is 25.6 Å². The van der Waals surface area contributed by atoms with Crippen molar-refractivity contribution in [2.24, 2.45) is 0 Å². The van der Waals surface area contributed by atoms with Crippen molar-refractivity contribution < 1.29 is 4.79 Å². The van der Waals surface area contributed by atoms with Crippen LogP contribution in [-0.2, 0) is 4.79 Å². The second kappa shape index (κ2) is 10.7. The zero-order valence-electron chi connectivity index (χ0n) is 10.3. The van der Waals surface area contributed by atoms with Crippen molar-refractivity contribution in [1.82, 2.24) is 16.2 Å². The Hall–Kier alpha value is -0.840. The molecule has 0 rings (SSSR count). The van der Waals surface area contributed by atoms with E-state index in [9.17, 15) is 4.79 Å². The summed E-state index contributed by atoms with van der Waals surface area (Å²) < 4.78 is 0. The van der Waals surface area contributed by atoms with E-state index in [2.05, 4.69) is 23.1 Å². The van der Waals surface area contributed by atoms with Gasteiger partial charge in [-0.25, -0.2) is 0 Å². The molecule has 0 spiro atoms. The molecule has 0 heterocycles. The number of nitrogens with one attached hydrogen (secondary N) is 3. The molecule has 5 heteroatoms.